The molecule has 1 amide bonds. The number of benzene rings is 1. The van der Waals surface area contributed by atoms with E-state index < -0.39 is 10.0 Å². The molecule has 2 aliphatic rings. The summed E-state index contributed by atoms with van der Waals surface area (Å²) in [5.41, 5.74) is 1.14. The molecule has 0 spiro atoms. The van der Waals surface area contributed by atoms with Crippen LogP contribution < -0.4 is 5.32 Å². The lowest BCUT2D eigenvalue weighted by Crippen LogP contribution is -2.57. The van der Waals surface area contributed by atoms with E-state index in [4.69, 9.17) is 0 Å². The maximum absolute atomic E-state index is 13.1. The molecule has 2 aliphatic heterocycles. The van der Waals surface area contributed by atoms with Gasteiger partial charge in [-0.25, -0.2) is 8.42 Å². The van der Waals surface area contributed by atoms with Crippen LogP contribution in [0.15, 0.2) is 23.1 Å². The number of piperazine rings is 1. The highest BCUT2D eigenvalue weighted by molar-refractivity contribution is 7.89. The number of halogens is 1. The molecular formula is C19H30ClN3O3S. The van der Waals surface area contributed by atoms with Crippen molar-refractivity contribution < 1.29 is 13.2 Å². The van der Waals surface area contributed by atoms with Crippen molar-refractivity contribution in [2.24, 2.45) is 0 Å². The van der Waals surface area contributed by atoms with Gasteiger partial charge in [0, 0.05) is 43.8 Å². The smallest absolute Gasteiger partial charge is 0.254 e. The molecule has 3 rings (SSSR count). The van der Waals surface area contributed by atoms with Gasteiger partial charge in [-0.05, 0) is 51.3 Å². The summed E-state index contributed by atoms with van der Waals surface area (Å²) in [6.07, 6.45) is 2.86. The van der Waals surface area contributed by atoms with E-state index in [2.05, 4.69) is 12.2 Å². The lowest BCUT2D eigenvalue weighted by atomic mass is 10.0. The molecule has 0 saturated carbocycles. The number of rotatable bonds is 3. The lowest BCUT2D eigenvalue weighted by Gasteiger charge is -2.38. The van der Waals surface area contributed by atoms with Gasteiger partial charge < -0.3 is 10.2 Å². The Morgan fingerprint density at radius 1 is 1.11 bits per heavy atom. The van der Waals surface area contributed by atoms with Crippen molar-refractivity contribution >= 4 is 28.3 Å². The Hall–Kier alpha value is -1.15. The summed E-state index contributed by atoms with van der Waals surface area (Å²) in [5, 5.41) is 3.36. The average molecular weight is 416 g/mol. The highest BCUT2D eigenvalue weighted by Crippen LogP contribution is 2.25. The van der Waals surface area contributed by atoms with Gasteiger partial charge in [-0.3, -0.25) is 4.79 Å². The van der Waals surface area contributed by atoms with Crippen LogP contribution in [0.25, 0.3) is 0 Å². The second kappa shape index (κ2) is 8.90. The number of hydrogen-bond donors (Lipinski definition) is 1. The first-order valence-corrected chi connectivity index (χ1v) is 10.9. The number of aryl methyl sites for hydroxylation is 1. The fourth-order valence-electron chi connectivity index (χ4n) is 3.76. The van der Waals surface area contributed by atoms with Crippen molar-refractivity contribution in [2.75, 3.05) is 26.2 Å². The molecular weight excluding hydrogens is 386 g/mol. The molecule has 1 aromatic carbocycles. The average Bonchev–Trinajstić information content (AvgIpc) is 2.64. The number of nitrogens with one attached hydrogen (secondary N) is 1. The number of amides is 1. The molecule has 1 N–H and O–H groups in total. The van der Waals surface area contributed by atoms with Crippen LogP contribution in [-0.4, -0.2) is 61.8 Å². The Labute approximate surface area is 168 Å². The molecule has 152 valence electrons. The van der Waals surface area contributed by atoms with Crippen molar-refractivity contribution in [1.82, 2.24) is 14.5 Å². The SMILES string of the molecule is Cc1ccc(C(=O)N2CCNC(C)C2C)cc1S(=O)(=O)N1CCCCC1.Cl. The third kappa shape index (κ3) is 4.47. The van der Waals surface area contributed by atoms with Crippen molar-refractivity contribution in [3.05, 3.63) is 29.3 Å². The van der Waals surface area contributed by atoms with E-state index in [-0.39, 0.29) is 35.3 Å². The third-order valence-corrected chi connectivity index (χ3v) is 7.70. The fraction of sp³-hybridized carbons (Fsp3) is 0.632. The van der Waals surface area contributed by atoms with Crippen LogP contribution in [0.1, 0.15) is 49.0 Å². The Balaban J connectivity index is 0.00000261. The first kappa shape index (κ1) is 22.1. The minimum absolute atomic E-state index is 0. The standard InChI is InChI=1S/C19H29N3O3S.ClH/c1-14-7-8-17(19(23)22-12-9-20-15(2)16(22)3)13-18(14)26(24,25)21-10-5-4-6-11-21;/h7-8,13,15-16,20H,4-6,9-12H2,1-3H3;1H. The Kier molecular flexibility index (Phi) is 7.30. The zero-order chi connectivity index (χ0) is 18.9. The van der Waals surface area contributed by atoms with E-state index in [0.29, 0.717) is 30.8 Å². The first-order valence-electron chi connectivity index (χ1n) is 9.47. The van der Waals surface area contributed by atoms with Gasteiger partial charge in [0.2, 0.25) is 10.0 Å². The Morgan fingerprint density at radius 3 is 2.44 bits per heavy atom. The summed E-state index contributed by atoms with van der Waals surface area (Å²) in [4.78, 5) is 15.1. The van der Waals surface area contributed by atoms with Crippen LogP contribution in [0.5, 0.6) is 0 Å². The van der Waals surface area contributed by atoms with Crippen molar-refractivity contribution in [3.63, 3.8) is 0 Å². The summed E-state index contributed by atoms with van der Waals surface area (Å²) in [5.74, 6) is -0.0963. The highest BCUT2D eigenvalue weighted by Gasteiger charge is 2.31. The van der Waals surface area contributed by atoms with Crippen LogP contribution in [0, 0.1) is 6.92 Å². The van der Waals surface area contributed by atoms with Crippen LogP contribution in [0.4, 0.5) is 0 Å². The summed E-state index contributed by atoms with van der Waals surface area (Å²) >= 11 is 0. The quantitative estimate of drug-likeness (QED) is 0.823. The monoisotopic (exact) mass is 415 g/mol. The summed E-state index contributed by atoms with van der Waals surface area (Å²) < 4.78 is 27.7. The van der Waals surface area contributed by atoms with Gasteiger partial charge in [0.1, 0.15) is 0 Å². The molecule has 0 aromatic heterocycles. The van der Waals surface area contributed by atoms with Crippen molar-refractivity contribution in [3.8, 4) is 0 Å². The minimum atomic E-state index is -3.55. The third-order valence-electron chi connectivity index (χ3n) is 5.66. The van der Waals surface area contributed by atoms with Gasteiger partial charge in [0.25, 0.3) is 5.91 Å². The second-order valence-corrected chi connectivity index (χ2v) is 9.33. The first-order chi connectivity index (χ1) is 12.3. The molecule has 2 unspecified atom stereocenters. The largest absolute Gasteiger partial charge is 0.333 e. The van der Waals surface area contributed by atoms with Crippen molar-refractivity contribution in [2.45, 2.75) is 57.0 Å². The van der Waals surface area contributed by atoms with Gasteiger partial charge in [-0.1, -0.05) is 12.5 Å². The van der Waals surface area contributed by atoms with Crippen molar-refractivity contribution in [1.29, 1.82) is 0 Å². The molecule has 2 heterocycles. The molecule has 2 saturated heterocycles. The van der Waals surface area contributed by atoms with Gasteiger partial charge in [0.05, 0.1) is 4.90 Å². The number of piperidine rings is 1. The summed E-state index contributed by atoms with van der Waals surface area (Å²) in [7, 11) is -3.55. The van der Waals surface area contributed by atoms with Gasteiger partial charge >= 0.3 is 0 Å². The maximum atomic E-state index is 13.1. The normalized spacial score (nSPS) is 24.3. The summed E-state index contributed by atoms with van der Waals surface area (Å²) in [6, 6.07) is 5.35. The van der Waals surface area contributed by atoms with Crippen LogP contribution >= 0.6 is 12.4 Å². The van der Waals surface area contributed by atoms with E-state index in [0.717, 1.165) is 25.8 Å². The molecule has 2 atom stereocenters. The van der Waals surface area contributed by atoms with Crippen LogP contribution in [0.3, 0.4) is 0 Å². The zero-order valence-electron chi connectivity index (χ0n) is 16.3. The Bertz CT molecular complexity index is 778. The van der Waals surface area contributed by atoms with Crippen LogP contribution in [-0.2, 0) is 10.0 Å². The number of nitrogens with zero attached hydrogens (tertiary/aromatic N) is 2. The maximum Gasteiger partial charge on any atom is 0.254 e. The fourth-order valence-corrected chi connectivity index (χ4v) is 5.53. The lowest BCUT2D eigenvalue weighted by molar-refractivity contribution is 0.0602. The van der Waals surface area contributed by atoms with Gasteiger partial charge in [-0.15, -0.1) is 12.4 Å². The van der Waals surface area contributed by atoms with E-state index in [1.54, 1.807) is 29.4 Å². The number of sulfonamides is 1. The van der Waals surface area contributed by atoms with Gasteiger partial charge in [-0.2, -0.15) is 4.31 Å². The molecule has 27 heavy (non-hydrogen) atoms. The highest BCUT2D eigenvalue weighted by atomic mass is 35.5. The topological polar surface area (TPSA) is 69.7 Å². The minimum Gasteiger partial charge on any atom is -0.333 e. The Morgan fingerprint density at radius 2 is 1.78 bits per heavy atom. The van der Waals surface area contributed by atoms with E-state index >= 15 is 0 Å². The predicted octanol–water partition coefficient (Wildman–Crippen LogP) is 2.41. The number of carbonyl (C=O) groups is 1. The molecule has 0 radical (unpaired) electrons. The number of hydrogen-bond acceptors (Lipinski definition) is 4. The number of carbonyl (C=O) groups excluding carboxylic acids is 1. The predicted molar refractivity (Wildman–Crippen MR) is 109 cm³/mol. The molecule has 6 nitrogen and oxygen atoms in total. The zero-order valence-corrected chi connectivity index (χ0v) is 17.9. The molecule has 8 heteroatoms. The molecule has 2 fully saturated rings. The molecule has 0 aliphatic carbocycles. The van der Waals surface area contributed by atoms with Gasteiger partial charge in [0.15, 0.2) is 0 Å². The van der Waals surface area contributed by atoms with E-state index in [1.807, 2.05) is 11.8 Å². The van der Waals surface area contributed by atoms with Crippen LogP contribution in [0.2, 0.25) is 0 Å². The second-order valence-electron chi connectivity index (χ2n) is 7.43. The van der Waals surface area contributed by atoms with E-state index in [9.17, 15) is 13.2 Å². The summed E-state index contributed by atoms with van der Waals surface area (Å²) in [6.45, 7) is 8.38. The molecule has 1 aromatic rings. The van der Waals surface area contributed by atoms with E-state index in [1.165, 1.54) is 0 Å². The molecule has 0 bridgehead atoms.